The van der Waals surface area contributed by atoms with Crippen LogP contribution in [0.25, 0.3) is 0 Å². The molecule has 0 aliphatic carbocycles. The summed E-state index contributed by atoms with van der Waals surface area (Å²) in [6.07, 6.45) is 0.787. The Morgan fingerprint density at radius 3 is 2.52 bits per heavy atom. The van der Waals surface area contributed by atoms with Crippen LogP contribution in [0.5, 0.6) is 0 Å². The summed E-state index contributed by atoms with van der Waals surface area (Å²) in [4.78, 5) is 23.9. The molecule has 25 heavy (non-hydrogen) atoms. The lowest BCUT2D eigenvalue weighted by molar-refractivity contribution is -0.139. The highest BCUT2D eigenvalue weighted by molar-refractivity contribution is 5.69. The van der Waals surface area contributed by atoms with E-state index < -0.39 is 35.0 Å². The van der Waals surface area contributed by atoms with Crippen LogP contribution in [0.1, 0.15) is 36.1 Å². The number of aromatic nitrogens is 1. The number of carbonyl (C=O) groups is 1. The molecular weight excluding hydrogens is 341 g/mol. The van der Waals surface area contributed by atoms with Gasteiger partial charge < -0.3 is 9.63 Å². The van der Waals surface area contributed by atoms with Crippen molar-refractivity contribution in [1.82, 2.24) is 10.1 Å². The summed E-state index contributed by atoms with van der Waals surface area (Å²) >= 11 is 0. The Kier molecular flexibility index (Phi) is 4.67. The Balaban J connectivity index is 1.94. The van der Waals surface area contributed by atoms with Crippen LogP contribution in [0.2, 0.25) is 0 Å². The van der Waals surface area contributed by atoms with Crippen LogP contribution in [0, 0.1) is 17.5 Å². The number of hydrogen-bond donors (Lipinski definition) is 2. The molecule has 0 radical (unpaired) electrons. The van der Waals surface area contributed by atoms with E-state index in [1.165, 1.54) is 6.07 Å². The molecule has 6 nitrogen and oxygen atoms in total. The fraction of sp³-hybridized carbons (Fsp3) is 0.375. The van der Waals surface area contributed by atoms with Crippen molar-refractivity contribution in [2.45, 2.75) is 24.8 Å². The highest BCUT2D eigenvalue weighted by Gasteiger charge is 2.34. The van der Waals surface area contributed by atoms with Gasteiger partial charge in [-0.05, 0) is 30.5 Å². The van der Waals surface area contributed by atoms with E-state index in [0.29, 0.717) is 18.7 Å². The van der Waals surface area contributed by atoms with Crippen molar-refractivity contribution in [3.8, 4) is 0 Å². The third kappa shape index (κ3) is 3.60. The molecule has 2 heterocycles. The Morgan fingerprint density at radius 2 is 1.96 bits per heavy atom. The van der Waals surface area contributed by atoms with E-state index in [1.807, 2.05) is 0 Å². The van der Waals surface area contributed by atoms with Gasteiger partial charge in [-0.2, -0.15) is 5.16 Å². The van der Waals surface area contributed by atoms with Gasteiger partial charge in [0.2, 0.25) is 0 Å². The minimum absolute atomic E-state index is 0.139. The second kappa shape index (κ2) is 6.75. The van der Waals surface area contributed by atoms with Gasteiger partial charge in [-0.3, -0.25) is 14.5 Å². The summed E-state index contributed by atoms with van der Waals surface area (Å²) in [5.41, 5.74) is -0.265. The largest absolute Gasteiger partial charge is 0.480 e. The van der Waals surface area contributed by atoms with Crippen molar-refractivity contribution < 1.29 is 27.6 Å². The molecule has 1 aliphatic rings. The number of rotatable bonds is 4. The molecule has 134 valence electrons. The maximum absolute atomic E-state index is 13.6. The first-order valence-corrected chi connectivity index (χ1v) is 7.64. The molecule has 0 amide bonds. The van der Waals surface area contributed by atoms with Crippen molar-refractivity contribution in [2.24, 2.45) is 0 Å². The Labute approximate surface area is 139 Å². The fourth-order valence-corrected chi connectivity index (χ4v) is 3.25. The Hall–Kier alpha value is -2.55. The minimum Gasteiger partial charge on any atom is -0.480 e. The zero-order valence-electron chi connectivity index (χ0n) is 13.0. The second-order valence-corrected chi connectivity index (χ2v) is 6.01. The number of carboxylic acids is 1. The maximum atomic E-state index is 13.6. The Morgan fingerprint density at radius 1 is 1.28 bits per heavy atom. The van der Waals surface area contributed by atoms with Gasteiger partial charge in [0.1, 0.15) is 5.76 Å². The van der Waals surface area contributed by atoms with Crippen molar-refractivity contribution in [1.29, 1.82) is 0 Å². The van der Waals surface area contributed by atoms with Crippen LogP contribution in [-0.4, -0.2) is 34.2 Å². The third-order valence-corrected chi connectivity index (χ3v) is 4.39. The molecule has 2 atom stereocenters. The highest BCUT2D eigenvalue weighted by Crippen LogP contribution is 2.39. The summed E-state index contributed by atoms with van der Waals surface area (Å²) in [5.74, 6) is -5.16. The number of aromatic amines is 1. The van der Waals surface area contributed by atoms with Gasteiger partial charge in [0.15, 0.2) is 17.5 Å². The summed E-state index contributed by atoms with van der Waals surface area (Å²) in [6, 6.07) is 2.38. The first-order chi connectivity index (χ1) is 11.8. The van der Waals surface area contributed by atoms with Crippen molar-refractivity contribution in [3.63, 3.8) is 0 Å². The zero-order valence-corrected chi connectivity index (χ0v) is 13.0. The van der Waals surface area contributed by atoms with Gasteiger partial charge in [-0.25, -0.2) is 13.2 Å². The monoisotopic (exact) mass is 356 g/mol. The molecule has 0 saturated carbocycles. The number of hydrogen-bond acceptors (Lipinski definition) is 4. The lowest BCUT2D eigenvalue weighted by atomic mass is 9.85. The molecule has 1 aromatic heterocycles. The van der Waals surface area contributed by atoms with E-state index in [4.69, 9.17) is 9.63 Å². The topological polar surface area (TPSA) is 86.5 Å². The molecule has 9 heteroatoms. The van der Waals surface area contributed by atoms with E-state index in [1.54, 1.807) is 4.90 Å². The number of aliphatic carboxylic acids is 1. The quantitative estimate of drug-likeness (QED) is 0.822. The lowest BCUT2D eigenvalue weighted by Gasteiger charge is -2.38. The molecule has 3 rings (SSSR count). The van der Waals surface area contributed by atoms with E-state index in [9.17, 15) is 22.8 Å². The molecule has 2 N–H and O–H groups in total. The molecule has 0 spiro atoms. The number of halogens is 3. The number of likely N-dealkylation sites (tertiary alicyclic amines) is 1. The zero-order chi connectivity index (χ0) is 18.1. The number of nitrogens with zero attached hydrogens (tertiary/aromatic N) is 1. The molecule has 1 fully saturated rings. The van der Waals surface area contributed by atoms with Gasteiger partial charge in [0.05, 0.1) is 6.54 Å². The average Bonchev–Trinajstić information content (AvgIpc) is 2.98. The van der Waals surface area contributed by atoms with Crippen LogP contribution in [0.15, 0.2) is 27.5 Å². The molecule has 1 saturated heterocycles. The van der Waals surface area contributed by atoms with E-state index in [2.05, 4.69) is 5.16 Å². The number of carboxylic acid groups (broad SMARTS) is 1. The molecule has 1 aromatic carbocycles. The van der Waals surface area contributed by atoms with Crippen molar-refractivity contribution in [3.05, 3.63) is 57.3 Å². The minimum atomic E-state index is -1.57. The summed E-state index contributed by atoms with van der Waals surface area (Å²) in [5, 5.41) is 11.2. The van der Waals surface area contributed by atoms with Crippen LogP contribution >= 0.6 is 0 Å². The van der Waals surface area contributed by atoms with Gasteiger partial charge in [-0.15, -0.1) is 0 Å². The van der Waals surface area contributed by atoms with Crippen molar-refractivity contribution >= 4 is 5.97 Å². The summed E-state index contributed by atoms with van der Waals surface area (Å²) in [6.45, 7) is -0.00771. The van der Waals surface area contributed by atoms with Crippen molar-refractivity contribution in [2.75, 3.05) is 13.1 Å². The number of nitrogens with one attached hydrogen (secondary N) is 1. The van der Waals surface area contributed by atoms with Gasteiger partial charge >= 0.3 is 5.97 Å². The van der Waals surface area contributed by atoms with E-state index in [0.717, 1.165) is 12.1 Å². The van der Waals surface area contributed by atoms with Crippen LogP contribution in [0.3, 0.4) is 0 Å². The normalized spacial score (nSPS) is 21.4. The van der Waals surface area contributed by atoms with Gasteiger partial charge in [0, 0.05) is 24.6 Å². The molecule has 2 unspecified atom stereocenters. The first-order valence-electron chi connectivity index (χ1n) is 7.64. The second-order valence-electron chi connectivity index (χ2n) is 6.01. The molecule has 1 aliphatic heterocycles. The first kappa shape index (κ1) is 17.3. The highest BCUT2D eigenvalue weighted by atomic mass is 19.2. The summed E-state index contributed by atoms with van der Waals surface area (Å²) in [7, 11) is 0. The average molecular weight is 356 g/mol. The maximum Gasteiger partial charge on any atom is 0.317 e. The van der Waals surface area contributed by atoms with E-state index in [-0.39, 0.29) is 24.4 Å². The molecular formula is C16H15F3N2O4. The number of benzene rings is 1. The van der Waals surface area contributed by atoms with E-state index >= 15 is 0 Å². The number of piperidine rings is 1. The fourth-order valence-electron chi connectivity index (χ4n) is 3.25. The standard InChI is InChI=1S/C16H15F3N2O4/c17-10-3-9(4-11(18)16(10)19)12-5-8(13-6-14(22)20-25-13)1-2-21(12)7-15(23)24/h3-4,6,8,12H,1-2,5,7H2,(H,20,22)(H,23,24). The predicted molar refractivity (Wildman–Crippen MR) is 79.6 cm³/mol. The van der Waals surface area contributed by atoms with Gasteiger partial charge in [-0.1, -0.05) is 0 Å². The molecule has 0 bridgehead atoms. The summed E-state index contributed by atoms with van der Waals surface area (Å²) < 4.78 is 45.5. The van der Waals surface area contributed by atoms with Crippen LogP contribution in [0.4, 0.5) is 13.2 Å². The molecule has 2 aromatic rings. The van der Waals surface area contributed by atoms with Crippen LogP contribution in [-0.2, 0) is 4.79 Å². The Bertz CT molecular complexity index is 825. The third-order valence-electron chi connectivity index (χ3n) is 4.39. The SMILES string of the molecule is O=C(O)CN1CCC(c2cc(=O)[nH]o2)CC1c1cc(F)c(F)c(F)c1. The predicted octanol–water partition coefficient (Wildman–Crippen LogP) is 2.39. The van der Waals surface area contributed by atoms with Gasteiger partial charge in [0.25, 0.3) is 5.56 Å². The lowest BCUT2D eigenvalue weighted by Crippen LogP contribution is -2.39. The number of H-pyrrole nitrogens is 1. The smallest absolute Gasteiger partial charge is 0.317 e. The van der Waals surface area contributed by atoms with Crippen LogP contribution < -0.4 is 5.56 Å².